The summed E-state index contributed by atoms with van der Waals surface area (Å²) in [7, 11) is -0.530. The van der Waals surface area contributed by atoms with Crippen LogP contribution in [0.2, 0.25) is 0 Å². The second-order valence-electron chi connectivity index (χ2n) is 11.2. The predicted octanol–water partition coefficient (Wildman–Crippen LogP) is 4.56. The maximum atomic E-state index is 13.3. The van der Waals surface area contributed by atoms with Gasteiger partial charge in [-0.3, -0.25) is 4.90 Å². The molecule has 0 spiro atoms. The second-order valence-corrected chi connectivity index (χ2v) is 11.2. The Morgan fingerprint density at radius 2 is 1.56 bits per heavy atom. The van der Waals surface area contributed by atoms with Gasteiger partial charge in [-0.15, -0.1) is 0 Å². The highest BCUT2D eigenvalue weighted by Gasteiger charge is 2.54. The van der Waals surface area contributed by atoms with Gasteiger partial charge in [0.2, 0.25) is 0 Å². The van der Waals surface area contributed by atoms with E-state index < -0.39 is 35.6 Å². The molecule has 6 nitrogen and oxygen atoms in total. The molecule has 7 heteroatoms. The largest absolute Gasteiger partial charge is 0.495 e. The van der Waals surface area contributed by atoms with Crippen molar-refractivity contribution in [3.05, 3.63) is 65.7 Å². The van der Waals surface area contributed by atoms with Crippen LogP contribution in [-0.2, 0) is 19.6 Å². The first-order valence-electron chi connectivity index (χ1n) is 12.0. The molecule has 0 bridgehead atoms. The minimum Gasteiger partial charge on any atom is -0.436 e. The van der Waals surface area contributed by atoms with Gasteiger partial charge >= 0.3 is 13.2 Å². The van der Waals surface area contributed by atoms with Gasteiger partial charge in [0.25, 0.3) is 0 Å². The van der Waals surface area contributed by atoms with Gasteiger partial charge in [0.05, 0.1) is 29.4 Å². The molecule has 2 aromatic carbocycles. The number of cyclic esters (lactones) is 1. The Labute approximate surface area is 203 Å². The van der Waals surface area contributed by atoms with Gasteiger partial charge in [0, 0.05) is 6.42 Å². The Balaban J connectivity index is 1.67. The number of hydrogen-bond donors (Lipinski definition) is 1. The maximum Gasteiger partial charge on any atom is 0.495 e. The first-order chi connectivity index (χ1) is 15.7. The topological polar surface area (TPSA) is 68.2 Å². The minimum absolute atomic E-state index is 0.282. The van der Waals surface area contributed by atoms with Crippen LogP contribution in [0.4, 0.5) is 4.79 Å². The van der Waals surface area contributed by atoms with Gasteiger partial charge in [-0.2, -0.15) is 0 Å². The zero-order valence-electron chi connectivity index (χ0n) is 21.3. The van der Waals surface area contributed by atoms with Gasteiger partial charge in [0.1, 0.15) is 0 Å². The Morgan fingerprint density at radius 3 is 2.15 bits per heavy atom. The van der Waals surface area contributed by atoms with Crippen molar-refractivity contribution in [3.8, 4) is 0 Å². The van der Waals surface area contributed by atoms with Crippen LogP contribution >= 0.6 is 0 Å². The number of ether oxygens (including phenoxy) is 1. The average Bonchev–Trinajstić information content (AvgIpc) is 3.19. The molecule has 4 rings (SSSR count). The van der Waals surface area contributed by atoms with Crippen LogP contribution in [0.5, 0.6) is 0 Å². The smallest absolute Gasteiger partial charge is 0.436 e. The monoisotopic (exact) mass is 465 g/mol. The fourth-order valence-electron chi connectivity index (χ4n) is 4.92. The van der Waals surface area contributed by atoms with Crippen molar-refractivity contribution in [2.45, 2.75) is 83.3 Å². The molecule has 1 unspecified atom stereocenters. The molecule has 1 N–H and O–H groups in total. The fourth-order valence-corrected chi connectivity index (χ4v) is 4.92. The fraction of sp³-hybridized carbons (Fsp3) is 0.519. The first kappa shape index (κ1) is 24.8. The van der Waals surface area contributed by atoms with Crippen LogP contribution in [0.3, 0.4) is 0 Å². The van der Waals surface area contributed by atoms with E-state index in [0.717, 1.165) is 16.6 Å². The van der Waals surface area contributed by atoms with E-state index >= 15 is 0 Å². The van der Waals surface area contributed by atoms with E-state index in [1.165, 1.54) is 0 Å². The molecule has 2 aliphatic heterocycles. The molecule has 2 atom stereocenters. The normalized spacial score (nSPS) is 24.9. The summed E-state index contributed by atoms with van der Waals surface area (Å²) >= 11 is 0. The van der Waals surface area contributed by atoms with E-state index in [9.17, 15) is 9.90 Å². The number of amides is 1. The van der Waals surface area contributed by atoms with E-state index in [-0.39, 0.29) is 12.5 Å². The Morgan fingerprint density at radius 1 is 1.00 bits per heavy atom. The molecule has 182 valence electrons. The Bertz CT molecular complexity index is 1030. The van der Waals surface area contributed by atoms with Crippen LogP contribution in [0.15, 0.2) is 54.6 Å². The lowest BCUT2D eigenvalue weighted by atomic mass is 9.74. The summed E-state index contributed by atoms with van der Waals surface area (Å²) in [6.45, 7) is 13.9. The lowest BCUT2D eigenvalue weighted by molar-refractivity contribution is -0.0327. The highest BCUT2D eigenvalue weighted by Crippen LogP contribution is 2.43. The summed E-state index contributed by atoms with van der Waals surface area (Å²) in [5, 5.41) is 10.7. The maximum absolute atomic E-state index is 13.3. The number of carbonyl (C=O) groups is 1. The summed E-state index contributed by atoms with van der Waals surface area (Å²) in [6.07, 6.45) is -0.109. The molecule has 0 saturated carbocycles. The molecule has 2 saturated heterocycles. The van der Waals surface area contributed by atoms with Crippen LogP contribution < -0.4 is 5.46 Å². The van der Waals surface area contributed by atoms with Crippen molar-refractivity contribution >= 4 is 18.7 Å². The average molecular weight is 465 g/mol. The van der Waals surface area contributed by atoms with Gasteiger partial charge in [-0.25, -0.2) is 4.79 Å². The van der Waals surface area contributed by atoms with Crippen LogP contribution in [0.25, 0.3) is 0 Å². The van der Waals surface area contributed by atoms with E-state index in [1.807, 2.05) is 89.2 Å². The summed E-state index contributed by atoms with van der Waals surface area (Å²) < 4.78 is 18.7. The molecule has 0 radical (unpaired) electrons. The van der Waals surface area contributed by atoms with Crippen molar-refractivity contribution in [3.63, 3.8) is 0 Å². The molecule has 0 aliphatic carbocycles. The van der Waals surface area contributed by atoms with Crippen LogP contribution in [0.1, 0.15) is 72.1 Å². The third kappa shape index (κ3) is 4.49. The molecule has 0 aromatic heterocycles. The number of carbonyl (C=O) groups excluding carboxylic acids is 1. The highest BCUT2D eigenvalue weighted by molar-refractivity contribution is 6.62. The van der Waals surface area contributed by atoms with E-state index in [1.54, 1.807) is 18.7 Å². The predicted molar refractivity (Wildman–Crippen MR) is 133 cm³/mol. The van der Waals surface area contributed by atoms with Crippen LogP contribution in [0, 0.1) is 0 Å². The van der Waals surface area contributed by atoms with E-state index in [4.69, 9.17) is 14.0 Å². The number of aliphatic hydroxyl groups is 1. The number of benzene rings is 2. The molecule has 34 heavy (non-hydrogen) atoms. The van der Waals surface area contributed by atoms with Crippen molar-refractivity contribution in [2.24, 2.45) is 0 Å². The summed E-state index contributed by atoms with van der Waals surface area (Å²) in [5.74, 6) is 0. The lowest BCUT2D eigenvalue weighted by Crippen LogP contribution is -2.42. The number of nitrogens with zero attached hydrogens (tertiary/aromatic N) is 1. The quantitative estimate of drug-likeness (QED) is 0.634. The molecular formula is C27H36BNO5. The third-order valence-corrected chi connectivity index (χ3v) is 7.38. The van der Waals surface area contributed by atoms with Gasteiger partial charge in [-0.05, 0) is 65.1 Å². The van der Waals surface area contributed by atoms with Gasteiger partial charge in [-0.1, -0.05) is 54.6 Å². The third-order valence-electron chi connectivity index (χ3n) is 7.38. The number of hydrogen-bond acceptors (Lipinski definition) is 5. The standard InChI is InChI=1S/C27H36BNO5/c1-19(21-15-11-12-16-22(21)28-33-25(4,5)26(6,7)34-28)29-18-27(32-23(29)30,17-24(2,3)31)20-13-9-8-10-14-20/h8-16,19,31H,17-18H2,1-7H3/t19?,27-/m1/s1. The molecule has 2 fully saturated rings. The van der Waals surface area contributed by atoms with Gasteiger partial charge < -0.3 is 19.2 Å². The first-order valence-corrected chi connectivity index (χ1v) is 12.0. The van der Waals surface area contributed by atoms with Crippen molar-refractivity contribution in [1.82, 2.24) is 4.90 Å². The van der Waals surface area contributed by atoms with E-state index in [2.05, 4.69) is 0 Å². The van der Waals surface area contributed by atoms with Crippen molar-refractivity contribution in [1.29, 1.82) is 0 Å². The Hall–Kier alpha value is -2.35. The zero-order chi connectivity index (χ0) is 24.9. The van der Waals surface area contributed by atoms with Crippen molar-refractivity contribution < 1.29 is 23.9 Å². The lowest BCUT2D eigenvalue weighted by Gasteiger charge is -2.33. The minimum atomic E-state index is -1.02. The second kappa shape index (κ2) is 8.40. The molecule has 1 amide bonds. The molecular weight excluding hydrogens is 429 g/mol. The number of rotatable bonds is 6. The summed E-state index contributed by atoms with van der Waals surface area (Å²) in [6, 6.07) is 17.3. The SMILES string of the molecule is CC(c1ccccc1B1OC(C)(C)C(C)(C)O1)N1C[C@](CC(C)(C)O)(c2ccccc2)OC1=O. The van der Waals surface area contributed by atoms with E-state index in [0.29, 0.717) is 6.54 Å². The van der Waals surface area contributed by atoms with Crippen molar-refractivity contribution in [2.75, 3.05) is 6.54 Å². The zero-order valence-corrected chi connectivity index (χ0v) is 21.3. The molecule has 2 heterocycles. The van der Waals surface area contributed by atoms with Gasteiger partial charge in [0.15, 0.2) is 5.60 Å². The Kier molecular flexibility index (Phi) is 6.12. The summed E-state index contributed by atoms with van der Waals surface area (Å²) in [4.78, 5) is 15.0. The molecule has 2 aromatic rings. The molecule has 2 aliphatic rings. The highest BCUT2D eigenvalue weighted by atomic mass is 16.7. The summed E-state index contributed by atoms with van der Waals surface area (Å²) in [5.41, 5.74) is -0.156. The van der Waals surface area contributed by atoms with Crippen LogP contribution in [-0.4, -0.2) is 46.6 Å².